The highest BCUT2D eigenvalue weighted by molar-refractivity contribution is 4.91. The average Bonchev–Trinajstić information content (AvgIpc) is 2.26. The molecule has 1 unspecified atom stereocenters. The maximum Gasteiger partial charge on any atom is 0.411 e. The Labute approximate surface area is 113 Å². The quantitative estimate of drug-likeness (QED) is 0.757. The van der Waals surface area contributed by atoms with Gasteiger partial charge < -0.3 is 10.1 Å². The fourth-order valence-electron chi connectivity index (χ4n) is 2.47. The summed E-state index contributed by atoms with van der Waals surface area (Å²) in [6.45, 7) is 7.62. The Morgan fingerprint density at radius 2 is 2.05 bits per heavy atom. The minimum atomic E-state index is -4.23. The van der Waals surface area contributed by atoms with Crippen LogP contribution in [0.2, 0.25) is 0 Å². The van der Waals surface area contributed by atoms with Gasteiger partial charge in [0.2, 0.25) is 0 Å². The highest BCUT2D eigenvalue weighted by Crippen LogP contribution is 2.18. The van der Waals surface area contributed by atoms with E-state index in [1.54, 1.807) is 0 Å². The van der Waals surface area contributed by atoms with Crippen molar-refractivity contribution in [3.63, 3.8) is 0 Å². The lowest BCUT2D eigenvalue weighted by Crippen LogP contribution is -2.62. The van der Waals surface area contributed by atoms with Crippen LogP contribution in [0.25, 0.3) is 0 Å². The fourth-order valence-corrected chi connectivity index (χ4v) is 2.47. The van der Waals surface area contributed by atoms with E-state index >= 15 is 0 Å². The van der Waals surface area contributed by atoms with Crippen LogP contribution in [0.1, 0.15) is 33.6 Å². The van der Waals surface area contributed by atoms with Gasteiger partial charge in [0.15, 0.2) is 0 Å². The zero-order chi connectivity index (χ0) is 14.5. The molecule has 0 radical (unpaired) electrons. The smallest absolute Gasteiger partial charge is 0.371 e. The Kier molecular flexibility index (Phi) is 6.08. The zero-order valence-electron chi connectivity index (χ0n) is 12.0. The molecule has 0 bridgehead atoms. The first-order valence-corrected chi connectivity index (χ1v) is 6.87. The molecule has 0 spiro atoms. The second kappa shape index (κ2) is 6.90. The van der Waals surface area contributed by atoms with Crippen LogP contribution in [0.4, 0.5) is 13.2 Å². The number of ether oxygens (including phenoxy) is 1. The van der Waals surface area contributed by atoms with Crippen LogP contribution in [-0.4, -0.2) is 55.5 Å². The molecule has 114 valence electrons. The van der Waals surface area contributed by atoms with Gasteiger partial charge in [-0.3, -0.25) is 4.90 Å². The van der Waals surface area contributed by atoms with Gasteiger partial charge in [0.05, 0.1) is 6.61 Å². The van der Waals surface area contributed by atoms with Gasteiger partial charge in [-0.05, 0) is 20.3 Å². The molecule has 1 aliphatic heterocycles. The van der Waals surface area contributed by atoms with Crippen molar-refractivity contribution in [3.05, 3.63) is 0 Å². The first-order chi connectivity index (χ1) is 8.73. The van der Waals surface area contributed by atoms with E-state index in [1.807, 2.05) is 0 Å². The van der Waals surface area contributed by atoms with Crippen LogP contribution >= 0.6 is 0 Å². The predicted molar refractivity (Wildman–Crippen MR) is 69.2 cm³/mol. The van der Waals surface area contributed by atoms with Crippen LogP contribution in [0, 0.1) is 0 Å². The Balaban J connectivity index is 2.37. The summed E-state index contributed by atoms with van der Waals surface area (Å²) in [6.07, 6.45) is -2.10. The maximum atomic E-state index is 12.0. The normalized spacial score (nSPS) is 24.6. The lowest BCUT2D eigenvalue weighted by molar-refractivity contribution is -0.175. The molecule has 6 heteroatoms. The molecule has 19 heavy (non-hydrogen) atoms. The predicted octanol–water partition coefficient (Wildman–Crippen LogP) is 2.42. The molecule has 1 heterocycles. The monoisotopic (exact) mass is 282 g/mol. The van der Waals surface area contributed by atoms with Crippen molar-refractivity contribution in [3.8, 4) is 0 Å². The summed E-state index contributed by atoms with van der Waals surface area (Å²) in [7, 11) is 0. The second-order valence-corrected chi connectivity index (χ2v) is 5.85. The van der Waals surface area contributed by atoms with Gasteiger partial charge in [-0.25, -0.2) is 0 Å². The molecular weight excluding hydrogens is 257 g/mol. The Bertz CT molecular complexity index is 269. The van der Waals surface area contributed by atoms with Crippen LogP contribution in [-0.2, 0) is 4.74 Å². The number of alkyl halides is 3. The van der Waals surface area contributed by atoms with Crippen LogP contribution < -0.4 is 5.32 Å². The summed E-state index contributed by atoms with van der Waals surface area (Å²) < 4.78 is 40.7. The minimum Gasteiger partial charge on any atom is -0.371 e. The molecule has 1 fully saturated rings. The topological polar surface area (TPSA) is 24.5 Å². The SMILES string of the molecule is CCCC1CNC(C)(C)CN1CCOCC(F)(F)F. The van der Waals surface area contributed by atoms with Gasteiger partial charge in [0, 0.05) is 31.2 Å². The first-order valence-electron chi connectivity index (χ1n) is 6.87. The largest absolute Gasteiger partial charge is 0.411 e. The van der Waals surface area contributed by atoms with Crippen molar-refractivity contribution >= 4 is 0 Å². The van der Waals surface area contributed by atoms with E-state index in [4.69, 9.17) is 4.74 Å². The number of rotatable bonds is 6. The van der Waals surface area contributed by atoms with Gasteiger partial charge in [-0.15, -0.1) is 0 Å². The molecule has 1 aliphatic rings. The summed E-state index contributed by atoms with van der Waals surface area (Å²) in [6, 6.07) is 0.396. The summed E-state index contributed by atoms with van der Waals surface area (Å²) >= 11 is 0. The third-order valence-electron chi connectivity index (χ3n) is 3.34. The average molecular weight is 282 g/mol. The standard InChI is InChI=1S/C13H25F3N2O/c1-4-5-11-8-17-12(2,3)9-18(11)6-7-19-10-13(14,15)16/h11,17H,4-10H2,1-3H3. The molecule has 0 aromatic carbocycles. The third kappa shape index (κ3) is 6.58. The molecule has 0 aliphatic carbocycles. The Hall–Kier alpha value is -0.330. The molecule has 0 amide bonds. The third-order valence-corrected chi connectivity index (χ3v) is 3.34. The summed E-state index contributed by atoms with van der Waals surface area (Å²) in [5, 5.41) is 3.48. The molecule has 3 nitrogen and oxygen atoms in total. The van der Waals surface area contributed by atoms with Gasteiger partial charge in [-0.1, -0.05) is 13.3 Å². The van der Waals surface area contributed by atoms with Crippen molar-refractivity contribution in [2.24, 2.45) is 0 Å². The van der Waals surface area contributed by atoms with Crippen LogP contribution in [0.15, 0.2) is 0 Å². The van der Waals surface area contributed by atoms with E-state index in [-0.39, 0.29) is 12.1 Å². The lowest BCUT2D eigenvalue weighted by atomic mass is 9.97. The lowest BCUT2D eigenvalue weighted by Gasteiger charge is -2.44. The fraction of sp³-hybridized carbons (Fsp3) is 1.00. The van der Waals surface area contributed by atoms with E-state index in [0.29, 0.717) is 12.6 Å². The van der Waals surface area contributed by atoms with E-state index < -0.39 is 12.8 Å². The van der Waals surface area contributed by atoms with E-state index in [0.717, 1.165) is 25.9 Å². The summed E-state index contributed by atoms with van der Waals surface area (Å²) in [5.41, 5.74) is 0.00820. The number of nitrogens with zero attached hydrogens (tertiary/aromatic N) is 1. The highest BCUT2D eigenvalue weighted by Gasteiger charge is 2.32. The van der Waals surface area contributed by atoms with Crippen molar-refractivity contribution in [1.29, 1.82) is 0 Å². The number of nitrogens with one attached hydrogen (secondary N) is 1. The van der Waals surface area contributed by atoms with E-state index in [1.165, 1.54) is 0 Å². The van der Waals surface area contributed by atoms with Crippen molar-refractivity contribution in [2.75, 3.05) is 32.8 Å². The van der Waals surface area contributed by atoms with Gasteiger partial charge in [0.25, 0.3) is 0 Å². The van der Waals surface area contributed by atoms with Gasteiger partial charge >= 0.3 is 6.18 Å². The van der Waals surface area contributed by atoms with Crippen LogP contribution in [0.5, 0.6) is 0 Å². The van der Waals surface area contributed by atoms with Crippen LogP contribution in [0.3, 0.4) is 0 Å². The van der Waals surface area contributed by atoms with Gasteiger partial charge in [0.1, 0.15) is 6.61 Å². The number of piperazine rings is 1. The van der Waals surface area contributed by atoms with E-state index in [9.17, 15) is 13.2 Å². The Morgan fingerprint density at radius 1 is 1.37 bits per heavy atom. The minimum absolute atomic E-state index is 0.00820. The van der Waals surface area contributed by atoms with Crippen molar-refractivity contribution in [1.82, 2.24) is 10.2 Å². The van der Waals surface area contributed by atoms with E-state index in [2.05, 4.69) is 31.0 Å². The first kappa shape index (κ1) is 16.7. The molecule has 1 saturated heterocycles. The molecular formula is C13H25F3N2O. The van der Waals surface area contributed by atoms with Crippen molar-refractivity contribution in [2.45, 2.75) is 51.4 Å². The van der Waals surface area contributed by atoms with Gasteiger partial charge in [-0.2, -0.15) is 13.2 Å². The number of halogens is 3. The summed E-state index contributed by atoms with van der Waals surface area (Å²) in [4.78, 5) is 2.25. The Morgan fingerprint density at radius 3 is 2.63 bits per heavy atom. The highest BCUT2D eigenvalue weighted by atomic mass is 19.4. The van der Waals surface area contributed by atoms with Crippen molar-refractivity contribution < 1.29 is 17.9 Å². The number of hydrogen-bond acceptors (Lipinski definition) is 3. The summed E-state index contributed by atoms with van der Waals surface area (Å²) in [5.74, 6) is 0. The molecule has 0 saturated carbocycles. The zero-order valence-corrected chi connectivity index (χ0v) is 12.0. The molecule has 1 atom stereocenters. The molecule has 0 aromatic heterocycles. The molecule has 0 aromatic rings. The second-order valence-electron chi connectivity index (χ2n) is 5.85. The maximum absolute atomic E-state index is 12.0. The molecule has 1 rings (SSSR count). The number of hydrogen-bond donors (Lipinski definition) is 1. The molecule has 1 N–H and O–H groups in total.